The van der Waals surface area contributed by atoms with Crippen molar-refractivity contribution in [3.63, 3.8) is 0 Å². The third kappa shape index (κ3) is 3.27. The van der Waals surface area contributed by atoms with Gasteiger partial charge in [0.25, 0.3) is 5.69 Å². The van der Waals surface area contributed by atoms with Crippen molar-refractivity contribution in [1.82, 2.24) is 0 Å². The molecule has 2 aromatic rings. The van der Waals surface area contributed by atoms with Gasteiger partial charge in [0, 0.05) is 11.6 Å². The molecular formula is C19H15NO6. The molecule has 1 aliphatic heterocycles. The molecule has 0 saturated carbocycles. The number of hydrogen-bond donors (Lipinski definition) is 0. The molecule has 0 spiro atoms. The van der Waals surface area contributed by atoms with E-state index in [0.717, 1.165) is 0 Å². The summed E-state index contributed by atoms with van der Waals surface area (Å²) < 4.78 is 15.7. The maximum absolute atomic E-state index is 12.2. The highest BCUT2D eigenvalue weighted by atomic mass is 16.6. The molecule has 0 amide bonds. The van der Waals surface area contributed by atoms with Crippen LogP contribution in [-0.2, 0) is 9.53 Å². The van der Waals surface area contributed by atoms with Gasteiger partial charge in [-0.25, -0.2) is 4.79 Å². The van der Waals surface area contributed by atoms with Gasteiger partial charge in [0.1, 0.15) is 5.76 Å². The van der Waals surface area contributed by atoms with Crippen LogP contribution >= 0.6 is 0 Å². The number of nitro groups is 1. The predicted molar refractivity (Wildman–Crippen MR) is 94.7 cm³/mol. The molecule has 0 N–H and O–H groups in total. The zero-order valence-corrected chi connectivity index (χ0v) is 14.1. The van der Waals surface area contributed by atoms with Crippen molar-refractivity contribution in [3.8, 4) is 11.5 Å². The Labute approximate surface area is 149 Å². The van der Waals surface area contributed by atoms with Crippen molar-refractivity contribution in [3.05, 3.63) is 75.4 Å². The quantitative estimate of drug-likeness (QED) is 0.353. The van der Waals surface area contributed by atoms with Gasteiger partial charge in [0.05, 0.1) is 30.3 Å². The lowest BCUT2D eigenvalue weighted by Gasteiger charge is -2.09. The minimum Gasteiger partial charge on any atom is -0.493 e. The second-order valence-electron chi connectivity index (χ2n) is 5.38. The lowest BCUT2D eigenvalue weighted by atomic mass is 10.1. The van der Waals surface area contributed by atoms with E-state index in [1.165, 1.54) is 26.4 Å². The number of cyclic esters (lactones) is 1. The van der Waals surface area contributed by atoms with Crippen molar-refractivity contribution in [2.24, 2.45) is 0 Å². The normalized spacial score (nSPS) is 14.8. The molecule has 26 heavy (non-hydrogen) atoms. The van der Waals surface area contributed by atoms with E-state index in [1.54, 1.807) is 42.5 Å². The number of rotatable bonds is 5. The Morgan fingerprint density at radius 3 is 2.50 bits per heavy atom. The zero-order chi connectivity index (χ0) is 18.7. The number of methoxy groups -OCH3 is 2. The van der Waals surface area contributed by atoms with Crippen LogP contribution in [-0.4, -0.2) is 25.1 Å². The molecule has 1 heterocycles. The van der Waals surface area contributed by atoms with Gasteiger partial charge in [-0.2, -0.15) is 0 Å². The standard InChI is InChI=1S/C19H15NO6/c1-24-16-8-7-13(10-18(16)25-2)17-11-14(19(21)26-17)9-12-5-3-4-6-15(12)20(22)23/h3-11H,1-2H3/b14-9+. The van der Waals surface area contributed by atoms with Crippen molar-refractivity contribution in [2.75, 3.05) is 14.2 Å². The van der Waals surface area contributed by atoms with Gasteiger partial charge in [-0.3, -0.25) is 10.1 Å². The SMILES string of the molecule is COc1ccc(C2=C/C(=C\c3ccccc3[N+](=O)[O-])C(=O)O2)cc1OC. The van der Waals surface area contributed by atoms with Crippen molar-refractivity contribution in [2.45, 2.75) is 0 Å². The van der Waals surface area contributed by atoms with Crippen LogP contribution in [0.25, 0.3) is 11.8 Å². The molecule has 3 rings (SSSR count). The van der Waals surface area contributed by atoms with Crippen LogP contribution in [0.3, 0.4) is 0 Å². The number of nitro benzene ring substituents is 1. The predicted octanol–water partition coefficient (Wildman–Crippen LogP) is 3.59. The summed E-state index contributed by atoms with van der Waals surface area (Å²) >= 11 is 0. The number of para-hydroxylation sites is 1. The van der Waals surface area contributed by atoms with Crippen LogP contribution in [0.2, 0.25) is 0 Å². The Bertz CT molecular complexity index is 945. The summed E-state index contributed by atoms with van der Waals surface area (Å²) in [5.41, 5.74) is 1.10. The van der Waals surface area contributed by atoms with Gasteiger partial charge in [-0.15, -0.1) is 0 Å². The van der Waals surface area contributed by atoms with E-state index in [1.807, 2.05) is 0 Å². The maximum Gasteiger partial charge on any atom is 0.343 e. The van der Waals surface area contributed by atoms with E-state index in [9.17, 15) is 14.9 Å². The number of esters is 1. The zero-order valence-electron chi connectivity index (χ0n) is 14.1. The average Bonchev–Trinajstić information content (AvgIpc) is 3.02. The fraction of sp³-hybridized carbons (Fsp3) is 0.105. The third-order valence-corrected chi connectivity index (χ3v) is 3.84. The Kier molecular flexibility index (Phi) is 4.70. The van der Waals surface area contributed by atoms with Crippen LogP contribution in [0.15, 0.2) is 54.1 Å². The summed E-state index contributed by atoms with van der Waals surface area (Å²) in [7, 11) is 3.04. The summed E-state index contributed by atoms with van der Waals surface area (Å²) in [4.78, 5) is 22.8. The fourth-order valence-electron chi connectivity index (χ4n) is 2.56. The lowest BCUT2D eigenvalue weighted by Crippen LogP contribution is -1.98. The topological polar surface area (TPSA) is 87.9 Å². The molecule has 7 nitrogen and oxygen atoms in total. The molecule has 0 atom stereocenters. The molecule has 132 valence electrons. The van der Waals surface area contributed by atoms with Crippen molar-refractivity contribution >= 4 is 23.5 Å². The molecule has 2 aromatic carbocycles. The fourth-order valence-corrected chi connectivity index (χ4v) is 2.56. The molecule has 1 aliphatic rings. The van der Waals surface area contributed by atoms with E-state index in [2.05, 4.69) is 0 Å². The smallest absolute Gasteiger partial charge is 0.343 e. The number of ether oxygens (including phenoxy) is 3. The molecule has 0 aliphatic carbocycles. The molecule has 0 fully saturated rings. The minimum atomic E-state index is -0.576. The largest absolute Gasteiger partial charge is 0.493 e. The Balaban J connectivity index is 1.99. The molecule has 0 aromatic heterocycles. The van der Waals surface area contributed by atoms with Gasteiger partial charge in [-0.1, -0.05) is 12.1 Å². The summed E-state index contributed by atoms with van der Waals surface area (Å²) in [6.45, 7) is 0. The summed E-state index contributed by atoms with van der Waals surface area (Å²) in [5, 5.41) is 11.1. The number of nitrogens with zero attached hydrogens (tertiary/aromatic N) is 1. The number of benzene rings is 2. The summed E-state index contributed by atoms with van der Waals surface area (Å²) in [6.07, 6.45) is 2.98. The Morgan fingerprint density at radius 2 is 1.81 bits per heavy atom. The van der Waals surface area contributed by atoms with E-state index in [4.69, 9.17) is 14.2 Å². The monoisotopic (exact) mass is 353 g/mol. The second-order valence-corrected chi connectivity index (χ2v) is 5.38. The number of carbonyl (C=O) groups excluding carboxylic acids is 1. The Morgan fingerprint density at radius 1 is 1.08 bits per heavy atom. The molecule has 0 bridgehead atoms. The number of hydrogen-bond acceptors (Lipinski definition) is 6. The summed E-state index contributed by atoms with van der Waals surface area (Å²) in [5.74, 6) is 0.809. The van der Waals surface area contributed by atoms with Crippen LogP contribution in [0.5, 0.6) is 11.5 Å². The highest BCUT2D eigenvalue weighted by Crippen LogP contribution is 2.34. The molecular weight excluding hydrogens is 338 g/mol. The molecule has 0 radical (unpaired) electrons. The average molecular weight is 353 g/mol. The number of carbonyl (C=O) groups is 1. The van der Waals surface area contributed by atoms with Gasteiger partial charge in [0.15, 0.2) is 11.5 Å². The van der Waals surface area contributed by atoms with Crippen molar-refractivity contribution in [1.29, 1.82) is 0 Å². The van der Waals surface area contributed by atoms with Gasteiger partial charge in [0.2, 0.25) is 0 Å². The van der Waals surface area contributed by atoms with Crippen LogP contribution in [0.4, 0.5) is 5.69 Å². The van der Waals surface area contributed by atoms with Crippen LogP contribution < -0.4 is 9.47 Å². The maximum atomic E-state index is 12.2. The first-order chi connectivity index (χ1) is 12.5. The highest BCUT2D eigenvalue weighted by Gasteiger charge is 2.24. The van der Waals surface area contributed by atoms with Gasteiger partial charge in [-0.05, 0) is 36.4 Å². The first-order valence-electron chi connectivity index (χ1n) is 7.65. The van der Waals surface area contributed by atoms with E-state index < -0.39 is 10.9 Å². The van der Waals surface area contributed by atoms with Gasteiger partial charge < -0.3 is 14.2 Å². The van der Waals surface area contributed by atoms with E-state index >= 15 is 0 Å². The Hall–Kier alpha value is -3.61. The first kappa shape index (κ1) is 17.2. The minimum absolute atomic E-state index is 0.0826. The molecule has 0 unspecified atom stereocenters. The van der Waals surface area contributed by atoms with Gasteiger partial charge >= 0.3 is 5.97 Å². The summed E-state index contributed by atoms with van der Waals surface area (Å²) in [6, 6.07) is 11.3. The molecule has 0 saturated heterocycles. The van der Waals surface area contributed by atoms with Crippen LogP contribution in [0, 0.1) is 10.1 Å². The third-order valence-electron chi connectivity index (χ3n) is 3.84. The van der Waals surface area contributed by atoms with E-state index in [0.29, 0.717) is 28.4 Å². The first-order valence-corrected chi connectivity index (χ1v) is 7.65. The van der Waals surface area contributed by atoms with Crippen molar-refractivity contribution < 1.29 is 23.9 Å². The lowest BCUT2D eigenvalue weighted by molar-refractivity contribution is -0.385. The van der Waals surface area contributed by atoms with Crippen LogP contribution in [0.1, 0.15) is 11.1 Å². The highest BCUT2D eigenvalue weighted by molar-refractivity contribution is 6.05. The van der Waals surface area contributed by atoms with E-state index in [-0.39, 0.29) is 11.3 Å². The molecule has 7 heteroatoms. The second kappa shape index (κ2) is 7.10.